The Labute approximate surface area is 122 Å². The summed E-state index contributed by atoms with van der Waals surface area (Å²) in [5.74, 6) is 1.73. The maximum Gasteiger partial charge on any atom is 0.134 e. The minimum atomic E-state index is 0.569. The van der Waals surface area contributed by atoms with E-state index in [9.17, 15) is 0 Å². The number of furan rings is 1. The van der Waals surface area contributed by atoms with Gasteiger partial charge in [0, 0.05) is 18.0 Å². The molecule has 0 radical (unpaired) electrons. The van der Waals surface area contributed by atoms with Crippen molar-refractivity contribution in [3.05, 3.63) is 36.1 Å². The second-order valence-electron chi connectivity index (χ2n) is 6.13. The lowest BCUT2D eigenvalue weighted by molar-refractivity contribution is 0.245. The maximum atomic E-state index is 5.82. The van der Waals surface area contributed by atoms with Gasteiger partial charge < -0.3 is 14.6 Å². The van der Waals surface area contributed by atoms with Crippen LogP contribution < -0.4 is 5.32 Å². The van der Waals surface area contributed by atoms with E-state index in [0.717, 1.165) is 30.4 Å². The zero-order valence-corrected chi connectivity index (χ0v) is 13.0. The van der Waals surface area contributed by atoms with Gasteiger partial charge in [-0.05, 0) is 38.6 Å². The molecule has 1 aromatic carbocycles. The van der Waals surface area contributed by atoms with Crippen molar-refractivity contribution < 1.29 is 4.42 Å². The number of nitrogens with zero attached hydrogens (tertiary/aromatic N) is 1. The molecule has 110 valence electrons. The first-order chi connectivity index (χ1) is 9.56. The van der Waals surface area contributed by atoms with Crippen molar-refractivity contribution >= 4 is 11.0 Å². The standard InChI is InChI=1S/C17H26N2O/c1-13(2)9-15(19(3)4)11-18-12-16-10-14-7-5-6-8-17(14)20-16/h5-8,10,13,15,18H,9,11-12H2,1-4H3. The first-order valence-electron chi connectivity index (χ1n) is 7.41. The SMILES string of the molecule is CC(C)CC(CNCc1cc2ccccc2o1)N(C)C. The van der Waals surface area contributed by atoms with Crippen LogP contribution in [0.2, 0.25) is 0 Å². The molecule has 3 heteroatoms. The molecular weight excluding hydrogens is 248 g/mol. The third-order valence-electron chi connectivity index (χ3n) is 3.63. The van der Waals surface area contributed by atoms with Crippen LogP contribution in [0.3, 0.4) is 0 Å². The average molecular weight is 274 g/mol. The van der Waals surface area contributed by atoms with Crippen molar-refractivity contribution in [2.75, 3.05) is 20.6 Å². The van der Waals surface area contributed by atoms with E-state index in [4.69, 9.17) is 4.42 Å². The fraction of sp³-hybridized carbons (Fsp3) is 0.529. The van der Waals surface area contributed by atoms with Crippen LogP contribution in [0.5, 0.6) is 0 Å². The molecule has 1 N–H and O–H groups in total. The zero-order valence-electron chi connectivity index (χ0n) is 13.0. The first-order valence-corrected chi connectivity index (χ1v) is 7.41. The number of hydrogen-bond donors (Lipinski definition) is 1. The summed E-state index contributed by atoms with van der Waals surface area (Å²) in [4.78, 5) is 2.30. The number of likely N-dealkylation sites (N-methyl/N-ethyl adjacent to an activating group) is 1. The molecule has 0 bridgehead atoms. The summed E-state index contributed by atoms with van der Waals surface area (Å²) in [6, 6.07) is 10.8. The predicted octanol–water partition coefficient (Wildman–Crippen LogP) is 3.50. The van der Waals surface area contributed by atoms with E-state index >= 15 is 0 Å². The fourth-order valence-electron chi connectivity index (χ4n) is 2.51. The Bertz CT molecular complexity index is 498. The molecule has 0 saturated carbocycles. The highest BCUT2D eigenvalue weighted by atomic mass is 16.3. The van der Waals surface area contributed by atoms with Gasteiger partial charge in [-0.2, -0.15) is 0 Å². The van der Waals surface area contributed by atoms with Crippen LogP contribution in [0.4, 0.5) is 0 Å². The average Bonchev–Trinajstić information content (AvgIpc) is 2.79. The Kier molecular flexibility index (Phi) is 5.21. The van der Waals surface area contributed by atoms with Crippen LogP contribution in [-0.2, 0) is 6.54 Å². The van der Waals surface area contributed by atoms with Gasteiger partial charge in [0.1, 0.15) is 11.3 Å². The molecule has 2 rings (SSSR count). The lowest BCUT2D eigenvalue weighted by Crippen LogP contribution is -2.38. The molecule has 0 aliphatic heterocycles. The van der Waals surface area contributed by atoms with E-state index in [1.807, 2.05) is 18.2 Å². The maximum absolute atomic E-state index is 5.82. The number of rotatable bonds is 7. The minimum absolute atomic E-state index is 0.569. The summed E-state index contributed by atoms with van der Waals surface area (Å²) in [6.45, 7) is 6.32. The summed E-state index contributed by atoms with van der Waals surface area (Å²) < 4.78 is 5.82. The topological polar surface area (TPSA) is 28.4 Å². The molecule has 20 heavy (non-hydrogen) atoms. The van der Waals surface area contributed by atoms with Crippen molar-refractivity contribution in [1.29, 1.82) is 0 Å². The molecule has 0 amide bonds. The Hall–Kier alpha value is -1.32. The van der Waals surface area contributed by atoms with Crippen LogP contribution in [0.15, 0.2) is 34.7 Å². The van der Waals surface area contributed by atoms with E-state index in [1.54, 1.807) is 0 Å². The lowest BCUT2D eigenvalue weighted by atomic mass is 10.0. The van der Waals surface area contributed by atoms with E-state index < -0.39 is 0 Å². The third-order valence-corrected chi connectivity index (χ3v) is 3.63. The molecule has 0 fully saturated rings. The van der Waals surface area contributed by atoms with E-state index in [2.05, 4.69) is 50.3 Å². The summed E-state index contributed by atoms with van der Waals surface area (Å²) in [5, 5.41) is 4.69. The normalized spacial score (nSPS) is 13.5. The molecule has 0 aliphatic rings. The Balaban J connectivity index is 1.87. The van der Waals surface area contributed by atoms with Gasteiger partial charge in [0.15, 0.2) is 0 Å². The minimum Gasteiger partial charge on any atom is -0.460 e. The highest BCUT2D eigenvalue weighted by Crippen LogP contribution is 2.18. The molecule has 0 aliphatic carbocycles. The van der Waals surface area contributed by atoms with Crippen molar-refractivity contribution in [1.82, 2.24) is 10.2 Å². The predicted molar refractivity (Wildman–Crippen MR) is 84.9 cm³/mol. The van der Waals surface area contributed by atoms with E-state index in [1.165, 1.54) is 11.8 Å². The smallest absolute Gasteiger partial charge is 0.134 e. The van der Waals surface area contributed by atoms with Crippen molar-refractivity contribution in [3.8, 4) is 0 Å². The van der Waals surface area contributed by atoms with Crippen molar-refractivity contribution in [2.45, 2.75) is 32.9 Å². The highest BCUT2D eigenvalue weighted by Gasteiger charge is 2.13. The van der Waals surface area contributed by atoms with E-state index in [-0.39, 0.29) is 0 Å². The summed E-state index contributed by atoms with van der Waals surface area (Å²) in [6.07, 6.45) is 1.21. The third kappa shape index (κ3) is 4.09. The molecule has 0 spiro atoms. The summed E-state index contributed by atoms with van der Waals surface area (Å²) in [7, 11) is 4.30. The molecule has 1 atom stereocenters. The van der Waals surface area contributed by atoms with Crippen molar-refractivity contribution in [2.24, 2.45) is 5.92 Å². The van der Waals surface area contributed by atoms with Crippen molar-refractivity contribution in [3.63, 3.8) is 0 Å². The Morgan fingerprint density at radius 1 is 1.20 bits per heavy atom. The van der Waals surface area contributed by atoms with Crippen LogP contribution in [0.1, 0.15) is 26.0 Å². The van der Waals surface area contributed by atoms with Gasteiger partial charge in [-0.15, -0.1) is 0 Å². The van der Waals surface area contributed by atoms with Crippen LogP contribution in [0, 0.1) is 5.92 Å². The van der Waals surface area contributed by atoms with E-state index in [0.29, 0.717) is 6.04 Å². The van der Waals surface area contributed by atoms with Crippen LogP contribution >= 0.6 is 0 Å². The molecule has 3 nitrogen and oxygen atoms in total. The second-order valence-corrected chi connectivity index (χ2v) is 6.13. The number of nitrogens with one attached hydrogen (secondary N) is 1. The number of hydrogen-bond acceptors (Lipinski definition) is 3. The first kappa shape index (κ1) is 15.1. The van der Waals surface area contributed by atoms with Crippen LogP contribution in [-0.4, -0.2) is 31.6 Å². The highest BCUT2D eigenvalue weighted by molar-refractivity contribution is 5.77. The van der Waals surface area contributed by atoms with Gasteiger partial charge >= 0.3 is 0 Å². The molecule has 1 unspecified atom stereocenters. The number of para-hydroxylation sites is 1. The number of fused-ring (bicyclic) bond motifs is 1. The monoisotopic (exact) mass is 274 g/mol. The Morgan fingerprint density at radius 3 is 2.60 bits per heavy atom. The van der Waals surface area contributed by atoms with Gasteiger partial charge in [-0.1, -0.05) is 32.0 Å². The Morgan fingerprint density at radius 2 is 1.95 bits per heavy atom. The lowest BCUT2D eigenvalue weighted by Gasteiger charge is -2.26. The summed E-state index contributed by atoms with van der Waals surface area (Å²) >= 11 is 0. The fourth-order valence-corrected chi connectivity index (χ4v) is 2.51. The van der Waals surface area contributed by atoms with Gasteiger partial charge in [0.2, 0.25) is 0 Å². The molecule has 1 aromatic heterocycles. The second kappa shape index (κ2) is 6.91. The van der Waals surface area contributed by atoms with Crippen LogP contribution in [0.25, 0.3) is 11.0 Å². The molecule has 1 heterocycles. The quantitative estimate of drug-likeness (QED) is 0.837. The largest absolute Gasteiger partial charge is 0.460 e. The molecular formula is C17H26N2O. The number of benzene rings is 1. The van der Waals surface area contributed by atoms with Gasteiger partial charge in [-0.3, -0.25) is 0 Å². The summed E-state index contributed by atoms with van der Waals surface area (Å²) in [5.41, 5.74) is 0.968. The van der Waals surface area contributed by atoms with Gasteiger partial charge in [0.05, 0.1) is 6.54 Å². The molecule has 0 saturated heterocycles. The molecule has 2 aromatic rings. The zero-order chi connectivity index (χ0) is 14.5. The van der Waals surface area contributed by atoms with Gasteiger partial charge in [-0.25, -0.2) is 0 Å². The van der Waals surface area contributed by atoms with Gasteiger partial charge in [0.25, 0.3) is 0 Å².